The molecule has 0 N–H and O–H groups in total. The van der Waals surface area contributed by atoms with E-state index >= 15 is 0 Å². The molecule has 0 fully saturated rings. The Labute approximate surface area is 102 Å². The third kappa shape index (κ3) is 2.71. The maximum Gasteiger partial charge on any atom is 0.305 e. The Morgan fingerprint density at radius 2 is 2.27 bits per heavy atom. The van der Waals surface area contributed by atoms with Gasteiger partial charge in [-0.2, -0.15) is 0 Å². The van der Waals surface area contributed by atoms with E-state index < -0.39 is 17.0 Å². The van der Waals surface area contributed by atoms with Gasteiger partial charge in [-0.15, -0.1) is 11.6 Å². The quantitative estimate of drug-likeness (QED) is 0.365. The van der Waals surface area contributed by atoms with E-state index in [2.05, 4.69) is 4.98 Å². The average Bonchev–Trinajstić information content (AvgIpc) is 2.15. The Hall–Kier alpha value is -0.570. The van der Waals surface area contributed by atoms with Crippen molar-refractivity contribution in [3.05, 3.63) is 31.1 Å². The van der Waals surface area contributed by atoms with Crippen LogP contribution in [0.5, 0.6) is 0 Å². The van der Waals surface area contributed by atoms with E-state index in [1.54, 1.807) is 22.6 Å². The lowest BCUT2D eigenvalue weighted by Crippen LogP contribution is -2.03. The fourth-order valence-corrected chi connectivity index (χ4v) is 1.99. The maximum atomic E-state index is 12.3. The fraction of sp³-hybridized carbons (Fsp3) is 0.286. The lowest BCUT2D eigenvalue weighted by atomic mass is 10.3. The Kier molecular flexibility index (Phi) is 4.14. The molecule has 0 radical (unpaired) electrons. The normalized spacial score (nSPS) is 10.7. The summed E-state index contributed by atoms with van der Waals surface area (Å²) in [7, 11) is 0. The number of rotatable bonds is 3. The highest BCUT2D eigenvalue weighted by molar-refractivity contribution is 14.1. The third-order valence-electron chi connectivity index (χ3n) is 1.57. The molecule has 1 rings (SSSR count). The third-order valence-corrected chi connectivity index (χ3v) is 2.65. The predicted molar refractivity (Wildman–Crippen MR) is 58.1 cm³/mol. The van der Waals surface area contributed by atoms with Crippen LogP contribution >= 0.6 is 34.2 Å². The van der Waals surface area contributed by atoms with Crippen LogP contribution < -0.4 is 0 Å². The van der Waals surface area contributed by atoms with Crippen LogP contribution in [0.25, 0.3) is 0 Å². The number of nitro groups is 1. The van der Waals surface area contributed by atoms with Gasteiger partial charge in [0.1, 0.15) is 11.4 Å². The number of aromatic nitrogens is 1. The van der Waals surface area contributed by atoms with E-state index in [4.69, 9.17) is 11.6 Å². The van der Waals surface area contributed by atoms with Crippen molar-refractivity contribution < 1.29 is 13.7 Å². The number of alkyl halides is 3. The van der Waals surface area contributed by atoms with Crippen LogP contribution in [0.3, 0.4) is 0 Å². The molecule has 1 heterocycles. The lowest BCUT2D eigenvalue weighted by molar-refractivity contribution is -0.386. The first-order chi connectivity index (χ1) is 6.97. The molecule has 0 atom stereocenters. The number of hydrogen-bond donors (Lipinski definition) is 0. The Bertz CT molecular complexity index is 403. The summed E-state index contributed by atoms with van der Waals surface area (Å²) in [6, 6.07) is 0.986. The van der Waals surface area contributed by atoms with Gasteiger partial charge in [0, 0.05) is 0 Å². The number of hydrogen-bond acceptors (Lipinski definition) is 3. The highest BCUT2D eigenvalue weighted by Crippen LogP contribution is 2.29. The van der Waals surface area contributed by atoms with E-state index in [1.807, 2.05) is 0 Å². The first-order valence-electron chi connectivity index (χ1n) is 3.65. The van der Waals surface area contributed by atoms with Gasteiger partial charge in [0.25, 0.3) is 6.43 Å². The van der Waals surface area contributed by atoms with Gasteiger partial charge in [-0.3, -0.25) is 10.1 Å². The Balaban J connectivity index is 3.37. The second-order valence-corrected chi connectivity index (χ2v) is 3.95. The summed E-state index contributed by atoms with van der Waals surface area (Å²) in [6.07, 6.45) is -2.76. The molecule has 0 aromatic carbocycles. The van der Waals surface area contributed by atoms with Crippen molar-refractivity contribution in [1.82, 2.24) is 4.98 Å². The second kappa shape index (κ2) is 4.97. The SMILES string of the molecule is O=[N+]([O-])c1c(I)cc(C(F)F)nc1CCl. The molecule has 8 heteroatoms. The van der Waals surface area contributed by atoms with Gasteiger partial charge in [-0.05, 0) is 28.7 Å². The molecule has 0 saturated heterocycles. The molecule has 82 valence electrons. The van der Waals surface area contributed by atoms with E-state index in [9.17, 15) is 18.9 Å². The van der Waals surface area contributed by atoms with Gasteiger partial charge < -0.3 is 0 Å². The molecular formula is C7H4ClF2IN2O2. The van der Waals surface area contributed by atoms with Gasteiger partial charge in [0.15, 0.2) is 0 Å². The molecule has 0 bridgehead atoms. The Morgan fingerprint density at radius 3 is 2.67 bits per heavy atom. The van der Waals surface area contributed by atoms with Crippen LogP contribution in [0.15, 0.2) is 6.07 Å². The van der Waals surface area contributed by atoms with Crippen molar-refractivity contribution in [2.45, 2.75) is 12.3 Å². The van der Waals surface area contributed by atoms with Crippen molar-refractivity contribution in [2.24, 2.45) is 0 Å². The van der Waals surface area contributed by atoms with Crippen LogP contribution in [0.4, 0.5) is 14.5 Å². The van der Waals surface area contributed by atoms with Crippen LogP contribution in [-0.4, -0.2) is 9.91 Å². The van der Waals surface area contributed by atoms with E-state index in [0.29, 0.717) is 0 Å². The molecular weight excluding hydrogens is 344 g/mol. The van der Waals surface area contributed by atoms with Crippen molar-refractivity contribution >= 4 is 39.9 Å². The zero-order valence-electron chi connectivity index (χ0n) is 7.08. The van der Waals surface area contributed by atoms with Gasteiger partial charge >= 0.3 is 5.69 Å². The monoisotopic (exact) mass is 348 g/mol. The first-order valence-corrected chi connectivity index (χ1v) is 5.26. The zero-order valence-corrected chi connectivity index (χ0v) is 10.00. The standard InChI is InChI=1S/C7H4ClF2IN2O2/c8-2-5-6(13(14)15)3(11)1-4(12-5)7(9)10/h1,7H,2H2. The first kappa shape index (κ1) is 12.5. The number of pyridine rings is 1. The van der Waals surface area contributed by atoms with Gasteiger partial charge in [-0.25, -0.2) is 13.8 Å². The van der Waals surface area contributed by atoms with Crippen molar-refractivity contribution in [2.75, 3.05) is 0 Å². The molecule has 15 heavy (non-hydrogen) atoms. The van der Waals surface area contributed by atoms with Crippen LogP contribution in [-0.2, 0) is 5.88 Å². The molecule has 4 nitrogen and oxygen atoms in total. The van der Waals surface area contributed by atoms with E-state index in [0.717, 1.165) is 6.07 Å². The molecule has 0 saturated carbocycles. The molecule has 0 aliphatic heterocycles. The molecule has 0 spiro atoms. The average molecular weight is 348 g/mol. The summed E-state index contributed by atoms with van der Waals surface area (Å²) >= 11 is 7.02. The van der Waals surface area contributed by atoms with Gasteiger partial charge in [0.05, 0.1) is 14.4 Å². The largest absolute Gasteiger partial charge is 0.305 e. The van der Waals surface area contributed by atoms with Crippen LogP contribution in [0.1, 0.15) is 17.8 Å². The van der Waals surface area contributed by atoms with Crippen LogP contribution in [0, 0.1) is 13.7 Å². The molecule has 0 unspecified atom stereocenters. The van der Waals surface area contributed by atoms with E-state index in [-0.39, 0.29) is 20.8 Å². The van der Waals surface area contributed by atoms with Crippen molar-refractivity contribution in [3.63, 3.8) is 0 Å². The Morgan fingerprint density at radius 1 is 1.67 bits per heavy atom. The summed E-state index contributed by atoms with van der Waals surface area (Å²) in [4.78, 5) is 13.4. The van der Waals surface area contributed by atoms with Gasteiger partial charge in [-0.1, -0.05) is 0 Å². The number of halogens is 4. The molecule has 1 aromatic rings. The van der Waals surface area contributed by atoms with Crippen molar-refractivity contribution in [1.29, 1.82) is 0 Å². The lowest BCUT2D eigenvalue weighted by Gasteiger charge is -2.04. The minimum atomic E-state index is -2.76. The molecule has 0 aliphatic rings. The minimum absolute atomic E-state index is 0.110. The highest BCUT2D eigenvalue weighted by Gasteiger charge is 2.23. The predicted octanol–water partition coefficient (Wildman–Crippen LogP) is 3.27. The van der Waals surface area contributed by atoms with Gasteiger partial charge in [0.2, 0.25) is 0 Å². The second-order valence-electron chi connectivity index (χ2n) is 2.52. The molecule has 0 amide bonds. The molecule has 0 aliphatic carbocycles. The van der Waals surface area contributed by atoms with E-state index in [1.165, 1.54) is 0 Å². The summed E-state index contributed by atoms with van der Waals surface area (Å²) in [5, 5.41) is 10.6. The summed E-state index contributed by atoms with van der Waals surface area (Å²) in [5.41, 5.74) is -0.945. The summed E-state index contributed by atoms with van der Waals surface area (Å²) in [6.45, 7) is 0. The highest BCUT2D eigenvalue weighted by atomic mass is 127. The summed E-state index contributed by atoms with van der Waals surface area (Å²) in [5.74, 6) is -0.271. The fourth-order valence-electron chi connectivity index (χ4n) is 0.975. The zero-order chi connectivity index (χ0) is 11.6. The van der Waals surface area contributed by atoms with Crippen LogP contribution in [0.2, 0.25) is 0 Å². The molecule has 1 aromatic heterocycles. The van der Waals surface area contributed by atoms with Crippen molar-refractivity contribution in [3.8, 4) is 0 Å². The minimum Gasteiger partial charge on any atom is -0.258 e. The number of nitrogens with zero attached hydrogens (tertiary/aromatic N) is 2. The topological polar surface area (TPSA) is 56.0 Å². The maximum absolute atomic E-state index is 12.3. The summed E-state index contributed by atoms with van der Waals surface area (Å²) < 4.78 is 24.7. The smallest absolute Gasteiger partial charge is 0.258 e.